The van der Waals surface area contributed by atoms with Gasteiger partial charge in [0.2, 0.25) is 12.3 Å². The third kappa shape index (κ3) is 2.98. The van der Waals surface area contributed by atoms with Crippen molar-refractivity contribution in [2.45, 2.75) is 32.2 Å². The van der Waals surface area contributed by atoms with Crippen molar-refractivity contribution >= 4 is 21.7 Å². The SMILES string of the molecule is O=C(C[n+]1ccc2c(c1)CCCC2)c1ccc(Br)cc1. The normalized spacial score (nSPS) is 13.8. The number of ketones is 1. The van der Waals surface area contributed by atoms with Gasteiger partial charge in [0.15, 0.2) is 12.4 Å². The van der Waals surface area contributed by atoms with Gasteiger partial charge in [-0.3, -0.25) is 4.79 Å². The number of Topliss-reactive ketones (excluding diaryl/α,β-unsaturated/α-hetero) is 1. The van der Waals surface area contributed by atoms with E-state index in [2.05, 4.69) is 28.2 Å². The first-order chi connectivity index (χ1) is 9.72. The molecule has 0 saturated heterocycles. The number of aryl methyl sites for hydroxylation is 2. The second-order valence-corrected chi connectivity index (χ2v) is 6.22. The molecule has 1 aliphatic rings. The van der Waals surface area contributed by atoms with Gasteiger partial charge in [0.1, 0.15) is 0 Å². The van der Waals surface area contributed by atoms with Crippen LogP contribution >= 0.6 is 15.9 Å². The predicted molar refractivity (Wildman–Crippen MR) is 81.8 cm³/mol. The van der Waals surface area contributed by atoms with Gasteiger partial charge < -0.3 is 0 Å². The average molecular weight is 331 g/mol. The van der Waals surface area contributed by atoms with Crippen LogP contribution in [0, 0.1) is 0 Å². The van der Waals surface area contributed by atoms with Crippen molar-refractivity contribution in [1.82, 2.24) is 0 Å². The fourth-order valence-electron chi connectivity index (χ4n) is 2.71. The Balaban J connectivity index is 1.77. The number of pyridine rings is 1. The van der Waals surface area contributed by atoms with Gasteiger partial charge in [-0.1, -0.05) is 28.1 Å². The minimum absolute atomic E-state index is 0.151. The van der Waals surface area contributed by atoms with E-state index < -0.39 is 0 Å². The highest BCUT2D eigenvalue weighted by Crippen LogP contribution is 2.18. The zero-order valence-corrected chi connectivity index (χ0v) is 12.9. The van der Waals surface area contributed by atoms with Gasteiger partial charge in [-0.25, -0.2) is 0 Å². The number of carbonyl (C=O) groups is 1. The van der Waals surface area contributed by atoms with Crippen molar-refractivity contribution < 1.29 is 9.36 Å². The van der Waals surface area contributed by atoms with E-state index in [1.54, 1.807) is 0 Å². The van der Waals surface area contributed by atoms with Gasteiger partial charge in [-0.15, -0.1) is 0 Å². The zero-order valence-electron chi connectivity index (χ0n) is 11.3. The molecule has 3 rings (SSSR count). The van der Waals surface area contributed by atoms with E-state index in [1.165, 1.54) is 30.4 Å². The van der Waals surface area contributed by atoms with E-state index in [9.17, 15) is 4.79 Å². The van der Waals surface area contributed by atoms with Crippen LogP contribution in [0.3, 0.4) is 0 Å². The second kappa shape index (κ2) is 5.88. The maximum Gasteiger partial charge on any atom is 0.227 e. The number of fused-ring (bicyclic) bond motifs is 1. The summed E-state index contributed by atoms with van der Waals surface area (Å²) in [6.45, 7) is 0.412. The molecule has 102 valence electrons. The topological polar surface area (TPSA) is 20.9 Å². The molecule has 0 radical (unpaired) electrons. The highest BCUT2D eigenvalue weighted by atomic mass is 79.9. The van der Waals surface area contributed by atoms with E-state index in [0.717, 1.165) is 16.5 Å². The van der Waals surface area contributed by atoms with Crippen LogP contribution < -0.4 is 4.57 Å². The molecule has 0 spiro atoms. The zero-order chi connectivity index (χ0) is 13.9. The van der Waals surface area contributed by atoms with Crippen LogP contribution in [0.5, 0.6) is 0 Å². The fraction of sp³-hybridized carbons (Fsp3) is 0.294. The van der Waals surface area contributed by atoms with E-state index >= 15 is 0 Å². The molecule has 0 aliphatic heterocycles. The lowest BCUT2D eigenvalue weighted by atomic mass is 9.93. The Morgan fingerprint density at radius 3 is 2.50 bits per heavy atom. The van der Waals surface area contributed by atoms with E-state index in [-0.39, 0.29) is 5.78 Å². The van der Waals surface area contributed by atoms with E-state index in [1.807, 2.05) is 35.0 Å². The standard InChI is InChI=1S/C17H17BrNO/c18-16-7-5-14(6-8-16)17(20)12-19-10-9-13-3-1-2-4-15(13)11-19/h5-11H,1-4,12H2/q+1. The average Bonchev–Trinajstić information content (AvgIpc) is 2.48. The number of rotatable bonds is 3. The van der Waals surface area contributed by atoms with Crippen molar-refractivity contribution in [1.29, 1.82) is 0 Å². The van der Waals surface area contributed by atoms with Crippen molar-refractivity contribution in [3.8, 4) is 0 Å². The maximum absolute atomic E-state index is 12.3. The molecule has 3 heteroatoms. The molecule has 0 N–H and O–H groups in total. The minimum atomic E-state index is 0.151. The number of benzene rings is 1. The molecule has 20 heavy (non-hydrogen) atoms. The maximum atomic E-state index is 12.3. The summed E-state index contributed by atoms with van der Waals surface area (Å²) in [5.74, 6) is 0.151. The van der Waals surface area contributed by atoms with Gasteiger partial charge in [0, 0.05) is 21.7 Å². The predicted octanol–water partition coefficient (Wildman–Crippen LogP) is 3.50. The van der Waals surface area contributed by atoms with Gasteiger partial charge in [-0.2, -0.15) is 4.57 Å². The first kappa shape index (κ1) is 13.5. The number of halogens is 1. The summed E-state index contributed by atoms with van der Waals surface area (Å²) in [5.41, 5.74) is 3.62. The number of aromatic nitrogens is 1. The Morgan fingerprint density at radius 1 is 1.05 bits per heavy atom. The minimum Gasteiger partial charge on any atom is -0.287 e. The second-order valence-electron chi connectivity index (χ2n) is 5.30. The van der Waals surface area contributed by atoms with Crippen molar-refractivity contribution in [3.05, 3.63) is 63.9 Å². The summed E-state index contributed by atoms with van der Waals surface area (Å²) in [4.78, 5) is 12.3. The Morgan fingerprint density at radius 2 is 1.75 bits per heavy atom. The van der Waals surface area contributed by atoms with Gasteiger partial charge in [0.05, 0.1) is 0 Å². The Bertz CT molecular complexity index is 634. The van der Waals surface area contributed by atoms with Crippen LogP contribution in [0.25, 0.3) is 0 Å². The molecule has 2 aromatic rings. The van der Waals surface area contributed by atoms with Crippen LogP contribution in [-0.2, 0) is 19.4 Å². The number of carbonyl (C=O) groups excluding carboxylic acids is 1. The molecule has 1 aliphatic carbocycles. The first-order valence-electron chi connectivity index (χ1n) is 7.02. The lowest BCUT2D eigenvalue weighted by Crippen LogP contribution is -2.38. The van der Waals surface area contributed by atoms with Crippen molar-refractivity contribution in [2.24, 2.45) is 0 Å². The molecule has 0 amide bonds. The number of hydrogen-bond acceptors (Lipinski definition) is 1. The Kier molecular flexibility index (Phi) is 3.97. The Labute approximate surface area is 127 Å². The summed E-state index contributed by atoms with van der Waals surface area (Å²) in [7, 11) is 0. The van der Waals surface area contributed by atoms with Crippen LogP contribution in [0.1, 0.15) is 34.3 Å². The largest absolute Gasteiger partial charge is 0.287 e. The molecular weight excluding hydrogens is 314 g/mol. The highest BCUT2D eigenvalue weighted by Gasteiger charge is 2.16. The fourth-order valence-corrected chi connectivity index (χ4v) is 2.97. The first-order valence-corrected chi connectivity index (χ1v) is 7.81. The lowest BCUT2D eigenvalue weighted by molar-refractivity contribution is -0.683. The van der Waals surface area contributed by atoms with Gasteiger partial charge in [0.25, 0.3) is 0 Å². The summed E-state index contributed by atoms with van der Waals surface area (Å²) in [6.07, 6.45) is 9.04. The van der Waals surface area contributed by atoms with Crippen molar-refractivity contribution in [3.63, 3.8) is 0 Å². The van der Waals surface area contributed by atoms with Crippen LogP contribution in [-0.4, -0.2) is 5.78 Å². The molecule has 1 aromatic heterocycles. The molecule has 0 unspecified atom stereocenters. The van der Waals surface area contributed by atoms with Gasteiger partial charge >= 0.3 is 0 Å². The summed E-state index contributed by atoms with van der Waals surface area (Å²) < 4.78 is 3.00. The smallest absolute Gasteiger partial charge is 0.227 e. The molecule has 2 nitrogen and oxygen atoms in total. The Hall–Kier alpha value is -1.48. The van der Waals surface area contributed by atoms with Crippen molar-refractivity contribution in [2.75, 3.05) is 0 Å². The third-order valence-electron chi connectivity index (χ3n) is 3.84. The quantitative estimate of drug-likeness (QED) is 0.623. The van der Waals surface area contributed by atoms with E-state index in [0.29, 0.717) is 6.54 Å². The molecular formula is C17H17BrNO+. The van der Waals surface area contributed by atoms with Crippen LogP contribution in [0.2, 0.25) is 0 Å². The molecule has 0 atom stereocenters. The molecule has 1 heterocycles. The molecule has 0 bridgehead atoms. The van der Waals surface area contributed by atoms with E-state index in [4.69, 9.17) is 0 Å². The van der Waals surface area contributed by atoms with Crippen LogP contribution in [0.15, 0.2) is 47.2 Å². The molecule has 0 saturated carbocycles. The summed E-state index contributed by atoms with van der Waals surface area (Å²) in [6, 6.07) is 9.72. The summed E-state index contributed by atoms with van der Waals surface area (Å²) in [5, 5.41) is 0. The lowest BCUT2D eigenvalue weighted by Gasteiger charge is -2.13. The number of hydrogen-bond donors (Lipinski definition) is 0. The monoisotopic (exact) mass is 330 g/mol. The number of nitrogens with zero attached hydrogens (tertiary/aromatic N) is 1. The third-order valence-corrected chi connectivity index (χ3v) is 4.36. The molecule has 1 aromatic carbocycles. The summed E-state index contributed by atoms with van der Waals surface area (Å²) >= 11 is 3.39. The molecule has 0 fully saturated rings. The van der Waals surface area contributed by atoms with Gasteiger partial charge in [-0.05, 0) is 43.4 Å². The highest BCUT2D eigenvalue weighted by molar-refractivity contribution is 9.10. The van der Waals surface area contributed by atoms with Crippen LogP contribution in [0.4, 0.5) is 0 Å².